The molecule has 2 rings (SSSR count). The van der Waals surface area contributed by atoms with Gasteiger partial charge in [-0.1, -0.05) is 47.5 Å². The van der Waals surface area contributed by atoms with Crippen molar-refractivity contribution in [3.8, 4) is 0 Å². The minimum Gasteiger partial charge on any atom is -0.384 e. The Balaban J connectivity index is 2.36. The maximum atomic E-state index is 10.2. The van der Waals surface area contributed by atoms with Crippen molar-refractivity contribution < 1.29 is 5.11 Å². The zero-order chi connectivity index (χ0) is 12.4. The van der Waals surface area contributed by atoms with Crippen LogP contribution in [0.15, 0.2) is 42.5 Å². The van der Waals surface area contributed by atoms with Gasteiger partial charge in [0.25, 0.3) is 0 Å². The van der Waals surface area contributed by atoms with Crippen LogP contribution in [-0.4, -0.2) is 5.11 Å². The van der Waals surface area contributed by atoms with E-state index in [1.54, 1.807) is 18.2 Å². The molecule has 0 aliphatic carbocycles. The molecule has 17 heavy (non-hydrogen) atoms. The molecular weight excluding hydrogens is 255 g/mol. The summed E-state index contributed by atoms with van der Waals surface area (Å²) < 4.78 is 0. The second kappa shape index (κ2) is 5.09. The number of aryl methyl sites for hydroxylation is 1. The number of aliphatic hydroxyl groups is 1. The minimum atomic E-state index is -0.702. The zero-order valence-electron chi connectivity index (χ0n) is 9.32. The summed E-state index contributed by atoms with van der Waals surface area (Å²) in [5, 5.41) is 11.5. The van der Waals surface area contributed by atoms with Crippen molar-refractivity contribution >= 4 is 23.2 Å². The Morgan fingerprint density at radius 2 is 1.71 bits per heavy atom. The summed E-state index contributed by atoms with van der Waals surface area (Å²) in [5.41, 5.74) is 2.52. The van der Waals surface area contributed by atoms with Crippen LogP contribution in [0.4, 0.5) is 0 Å². The summed E-state index contributed by atoms with van der Waals surface area (Å²) in [5.74, 6) is 0. The van der Waals surface area contributed by atoms with Crippen molar-refractivity contribution in [2.45, 2.75) is 13.0 Å². The summed E-state index contributed by atoms with van der Waals surface area (Å²) in [6, 6.07) is 12.7. The van der Waals surface area contributed by atoms with E-state index in [9.17, 15) is 5.11 Å². The van der Waals surface area contributed by atoms with E-state index < -0.39 is 6.10 Å². The van der Waals surface area contributed by atoms with Gasteiger partial charge in [0.1, 0.15) is 6.10 Å². The van der Waals surface area contributed by atoms with Crippen LogP contribution < -0.4 is 0 Å². The summed E-state index contributed by atoms with van der Waals surface area (Å²) in [6.07, 6.45) is -0.702. The zero-order valence-corrected chi connectivity index (χ0v) is 10.8. The van der Waals surface area contributed by atoms with Gasteiger partial charge in [-0.15, -0.1) is 0 Å². The summed E-state index contributed by atoms with van der Waals surface area (Å²) >= 11 is 11.9. The molecule has 0 fully saturated rings. The Morgan fingerprint density at radius 3 is 2.35 bits per heavy atom. The Morgan fingerprint density at radius 1 is 1.00 bits per heavy atom. The highest BCUT2D eigenvalue weighted by Crippen LogP contribution is 2.27. The second-order valence-electron chi connectivity index (χ2n) is 3.97. The predicted molar refractivity (Wildman–Crippen MR) is 71.7 cm³/mol. The van der Waals surface area contributed by atoms with Gasteiger partial charge in [-0.05, 0) is 41.8 Å². The van der Waals surface area contributed by atoms with Crippen molar-refractivity contribution in [3.63, 3.8) is 0 Å². The lowest BCUT2D eigenvalue weighted by Crippen LogP contribution is -1.99. The number of aliphatic hydroxyl groups excluding tert-OH is 1. The van der Waals surface area contributed by atoms with Gasteiger partial charge in [0.15, 0.2) is 0 Å². The Labute approximate surface area is 111 Å². The second-order valence-corrected chi connectivity index (χ2v) is 4.81. The standard InChI is InChI=1S/C14H12Cl2O/c1-9-5-6-11(8-13(9)16)14(17)10-3-2-4-12(15)7-10/h2-8,14,17H,1H3. The van der Waals surface area contributed by atoms with E-state index in [1.165, 1.54) is 0 Å². The van der Waals surface area contributed by atoms with Crippen molar-refractivity contribution in [2.24, 2.45) is 0 Å². The molecule has 2 aromatic rings. The highest BCUT2D eigenvalue weighted by atomic mass is 35.5. The first-order valence-electron chi connectivity index (χ1n) is 5.27. The van der Waals surface area contributed by atoms with E-state index in [4.69, 9.17) is 23.2 Å². The molecule has 2 aromatic carbocycles. The molecule has 0 aromatic heterocycles. The van der Waals surface area contributed by atoms with Crippen LogP contribution in [0.25, 0.3) is 0 Å². The largest absolute Gasteiger partial charge is 0.384 e. The normalized spacial score (nSPS) is 12.5. The van der Waals surface area contributed by atoms with Gasteiger partial charge in [0.05, 0.1) is 0 Å². The van der Waals surface area contributed by atoms with E-state index in [0.717, 1.165) is 16.7 Å². The molecule has 1 unspecified atom stereocenters. The van der Waals surface area contributed by atoms with Crippen LogP contribution in [0, 0.1) is 6.92 Å². The van der Waals surface area contributed by atoms with Crippen molar-refractivity contribution in [1.82, 2.24) is 0 Å². The van der Waals surface area contributed by atoms with Crippen LogP contribution >= 0.6 is 23.2 Å². The molecule has 0 amide bonds. The average molecular weight is 267 g/mol. The fourth-order valence-corrected chi connectivity index (χ4v) is 2.04. The number of rotatable bonds is 2. The fraction of sp³-hybridized carbons (Fsp3) is 0.143. The molecule has 0 heterocycles. The summed E-state index contributed by atoms with van der Waals surface area (Å²) in [4.78, 5) is 0. The molecule has 3 heteroatoms. The van der Waals surface area contributed by atoms with Crippen LogP contribution in [0.2, 0.25) is 10.0 Å². The maximum absolute atomic E-state index is 10.2. The average Bonchev–Trinajstić information content (AvgIpc) is 2.32. The Bertz CT molecular complexity index is 537. The first-order valence-corrected chi connectivity index (χ1v) is 6.03. The van der Waals surface area contributed by atoms with Crippen LogP contribution in [0.1, 0.15) is 22.8 Å². The molecule has 0 saturated carbocycles. The third-order valence-electron chi connectivity index (χ3n) is 2.68. The smallest absolute Gasteiger partial charge is 0.104 e. The number of benzene rings is 2. The highest BCUT2D eigenvalue weighted by Gasteiger charge is 2.11. The lowest BCUT2D eigenvalue weighted by atomic mass is 10.0. The van der Waals surface area contributed by atoms with Gasteiger partial charge in [-0.2, -0.15) is 0 Å². The van der Waals surface area contributed by atoms with Crippen molar-refractivity contribution in [1.29, 1.82) is 0 Å². The molecule has 0 spiro atoms. The minimum absolute atomic E-state index is 0.611. The predicted octanol–water partition coefficient (Wildman–Crippen LogP) is 4.38. The number of hydrogen-bond acceptors (Lipinski definition) is 1. The van der Waals surface area contributed by atoms with Gasteiger partial charge in [-0.25, -0.2) is 0 Å². The van der Waals surface area contributed by atoms with E-state index >= 15 is 0 Å². The van der Waals surface area contributed by atoms with Crippen LogP contribution in [-0.2, 0) is 0 Å². The fourth-order valence-electron chi connectivity index (χ4n) is 1.65. The van der Waals surface area contributed by atoms with Crippen molar-refractivity contribution in [3.05, 3.63) is 69.2 Å². The van der Waals surface area contributed by atoms with E-state index in [2.05, 4.69) is 0 Å². The maximum Gasteiger partial charge on any atom is 0.104 e. The highest BCUT2D eigenvalue weighted by molar-refractivity contribution is 6.31. The SMILES string of the molecule is Cc1ccc(C(O)c2cccc(Cl)c2)cc1Cl. The molecule has 88 valence electrons. The first-order chi connectivity index (χ1) is 8.08. The summed E-state index contributed by atoms with van der Waals surface area (Å²) in [7, 11) is 0. The molecular formula is C14H12Cl2O. The van der Waals surface area contributed by atoms with Gasteiger partial charge in [0.2, 0.25) is 0 Å². The topological polar surface area (TPSA) is 20.2 Å². The quantitative estimate of drug-likeness (QED) is 0.855. The summed E-state index contributed by atoms with van der Waals surface area (Å²) in [6.45, 7) is 1.93. The lowest BCUT2D eigenvalue weighted by Gasteiger charge is -2.12. The molecule has 0 bridgehead atoms. The van der Waals surface area contributed by atoms with Gasteiger partial charge < -0.3 is 5.11 Å². The van der Waals surface area contributed by atoms with Gasteiger partial charge >= 0.3 is 0 Å². The molecule has 0 aliphatic heterocycles. The number of halogens is 2. The third-order valence-corrected chi connectivity index (χ3v) is 3.32. The van der Waals surface area contributed by atoms with E-state index in [1.807, 2.05) is 31.2 Å². The Hall–Kier alpha value is -1.02. The molecule has 0 radical (unpaired) electrons. The third kappa shape index (κ3) is 2.81. The molecule has 0 saturated heterocycles. The lowest BCUT2D eigenvalue weighted by molar-refractivity contribution is 0.220. The molecule has 1 atom stereocenters. The van der Waals surface area contributed by atoms with E-state index in [-0.39, 0.29) is 0 Å². The van der Waals surface area contributed by atoms with Gasteiger partial charge in [-0.3, -0.25) is 0 Å². The molecule has 0 aliphatic rings. The van der Waals surface area contributed by atoms with Gasteiger partial charge in [0, 0.05) is 10.0 Å². The van der Waals surface area contributed by atoms with Crippen LogP contribution in [0.3, 0.4) is 0 Å². The Kier molecular flexibility index (Phi) is 3.72. The molecule has 1 N–H and O–H groups in total. The van der Waals surface area contributed by atoms with E-state index in [0.29, 0.717) is 10.0 Å². The first kappa shape index (κ1) is 12.4. The van der Waals surface area contributed by atoms with Crippen molar-refractivity contribution in [2.75, 3.05) is 0 Å². The molecule has 1 nitrogen and oxygen atoms in total. The van der Waals surface area contributed by atoms with Crippen LogP contribution in [0.5, 0.6) is 0 Å². The monoisotopic (exact) mass is 266 g/mol. The number of hydrogen-bond donors (Lipinski definition) is 1.